The number of rotatable bonds is 8. The Bertz CT molecular complexity index is 973. The number of amides is 1. The molecule has 162 valence electrons. The van der Waals surface area contributed by atoms with E-state index in [0.717, 1.165) is 35.8 Å². The van der Waals surface area contributed by atoms with Crippen molar-refractivity contribution in [1.29, 1.82) is 0 Å². The lowest BCUT2D eigenvalue weighted by molar-refractivity contribution is -0.122. The molecule has 1 aliphatic rings. The summed E-state index contributed by atoms with van der Waals surface area (Å²) >= 11 is 6.01. The highest BCUT2D eigenvalue weighted by Crippen LogP contribution is 2.24. The largest absolute Gasteiger partial charge is 0.350 e. The summed E-state index contributed by atoms with van der Waals surface area (Å²) < 4.78 is 25.8. The highest BCUT2D eigenvalue weighted by Gasteiger charge is 2.29. The van der Waals surface area contributed by atoms with Gasteiger partial charge in [0.25, 0.3) is 0 Å². The number of benzene rings is 2. The fourth-order valence-corrected chi connectivity index (χ4v) is 5.07. The normalized spacial score (nSPS) is 15.7. The van der Waals surface area contributed by atoms with E-state index in [1.807, 2.05) is 12.1 Å². The molecule has 1 heterocycles. The Kier molecular flexibility index (Phi) is 7.39. The molecule has 30 heavy (non-hydrogen) atoms. The second-order valence-electron chi connectivity index (χ2n) is 7.73. The van der Waals surface area contributed by atoms with Crippen molar-refractivity contribution in [3.8, 4) is 0 Å². The Labute approximate surface area is 183 Å². The van der Waals surface area contributed by atoms with Gasteiger partial charge in [-0.15, -0.1) is 0 Å². The molecule has 0 aromatic heterocycles. The molecule has 0 saturated carbocycles. The molecule has 2 aromatic carbocycles. The van der Waals surface area contributed by atoms with Gasteiger partial charge in [0.05, 0.1) is 11.9 Å². The van der Waals surface area contributed by atoms with E-state index in [1.54, 1.807) is 25.1 Å². The van der Waals surface area contributed by atoms with Crippen LogP contribution >= 0.6 is 11.6 Å². The van der Waals surface area contributed by atoms with E-state index in [2.05, 4.69) is 22.3 Å². The van der Waals surface area contributed by atoms with Crippen LogP contribution in [-0.2, 0) is 27.9 Å². The molecule has 1 fully saturated rings. The van der Waals surface area contributed by atoms with Crippen LogP contribution in [0.15, 0.2) is 48.5 Å². The zero-order valence-electron chi connectivity index (χ0n) is 17.3. The number of hydrogen-bond donors (Lipinski definition) is 1. The maximum atomic E-state index is 12.7. The molecule has 0 spiro atoms. The average Bonchev–Trinajstić information content (AvgIpc) is 3.19. The highest BCUT2D eigenvalue weighted by molar-refractivity contribution is 7.92. The fraction of sp³-hybridized carbons (Fsp3) is 0.409. The first-order chi connectivity index (χ1) is 14.2. The van der Waals surface area contributed by atoms with Crippen molar-refractivity contribution in [3.05, 3.63) is 64.7 Å². The molecule has 1 atom stereocenters. The molecule has 1 unspecified atom stereocenters. The summed E-state index contributed by atoms with van der Waals surface area (Å²) in [6, 6.07) is 13.7. The Morgan fingerprint density at radius 1 is 1.13 bits per heavy atom. The number of carbonyl (C=O) groups is 1. The molecular formula is C22H28ClN3O3S. The van der Waals surface area contributed by atoms with Gasteiger partial charge in [-0.1, -0.05) is 41.9 Å². The predicted octanol–water partition coefficient (Wildman–Crippen LogP) is 3.41. The summed E-state index contributed by atoms with van der Waals surface area (Å²) in [6.07, 6.45) is 3.61. The summed E-state index contributed by atoms with van der Waals surface area (Å²) in [5.41, 5.74) is 2.58. The van der Waals surface area contributed by atoms with Crippen molar-refractivity contribution in [2.75, 3.05) is 23.7 Å². The maximum Gasteiger partial charge on any atom is 0.243 e. The highest BCUT2D eigenvalue weighted by atomic mass is 35.5. The number of sulfonamides is 1. The molecule has 8 heteroatoms. The molecule has 0 aliphatic carbocycles. The number of anilines is 1. The number of nitrogens with one attached hydrogen (secondary N) is 1. The van der Waals surface area contributed by atoms with Crippen molar-refractivity contribution in [2.45, 2.75) is 38.9 Å². The predicted molar refractivity (Wildman–Crippen MR) is 121 cm³/mol. The number of hydrogen-bond acceptors (Lipinski definition) is 4. The summed E-state index contributed by atoms with van der Waals surface area (Å²) in [6.45, 7) is 5.15. The van der Waals surface area contributed by atoms with E-state index in [1.165, 1.54) is 24.5 Å². The summed E-state index contributed by atoms with van der Waals surface area (Å²) in [5, 5.41) is 3.25. The third-order valence-electron chi connectivity index (χ3n) is 5.25. The second kappa shape index (κ2) is 9.81. The zero-order chi connectivity index (χ0) is 21.7. The van der Waals surface area contributed by atoms with Gasteiger partial charge < -0.3 is 5.32 Å². The lowest BCUT2D eigenvalue weighted by Crippen LogP contribution is -2.47. The van der Waals surface area contributed by atoms with Gasteiger partial charge in [-0.2, -0.15) is 0 Å². The molecule has 2 aromatic rings. The second-order valence-corrected chi connectivity index (χ2v) is 10.0. The molecular weight excluding hydrogens is 422 g/mol. The van der Waals surface area contributed by atoms with Crippen LogP contribution in [-0.4, -0.2) is 44.6 Å². The smallest absolute Gasteiger partial charge is 0.243 e. The Hall–Kier alpha value is -2.09. The molecule has 0 radical (unpaired) electrons. The summed E-state index contributed by atoms with van der Waals surface area (Å²) in [4.78, 5) is 15.1. The van der Waals surface area contributed by atoms with Crippen molar-refractivity contribution in [1.82, 2.24) is 10.2 Å². The van der Waals surface area contributed by atoms with Crippen LogP contribution in [0.3, 0.4) is 0 Å². The van der Waals surface area contributed by atoms with Crippen molar-refractivity contribution in [2.24, 2.45) is 0 Å². The molecule has 0 bridgehead atoms. The molecule has 3 rings (SSSR count). The molecule has 1 amide bonds. The van der Waals surface area contributed by atoms with Gasteiger partial charge in [0, 0.05) is 18.1 Å². The quantitative estimate of drug-likeness (QED) is 0.670. The Morgan fingerprint density at radius 3 is 2.37 bits per heavy atom. The number of halogens is 1. The van der Waals surface area contributed by atoms with Gasteiger partial charge in [0.2, 0.25) is 15.9 Å². The zero-order valence-corrected chi connectivity index (χ0v) is 18.9. The fourth-order valence-electron chi connectivity index (χ4n) is 3.72. The van der Waals surface area contributed by atoms with Gasteiger partial charge in [-0.25, -0.2) is 8.42 Å². The molecule has 6 nitrogen and oxygen atoms in total. The number of nitrogens with zero attached hydrogens (tertiary/aromatic N) is 2. The van der Waals surface area contributed by atoms with E-state index in [4.69, 9.17) is 11.6 Å². The lowest BCUT2D eigenvalue weighted by atomic mass is 10.1. The van der Waals surface area contributed by atoms with E-state index < -0.39 is 16.1 Å². The Balaban J connectivity index is 1.62. The van der Waals surface area contributed by atoms with Crippen molar-refractivity contribution < 1.29 is 13.2 Å². The number of carbonyl (C=O) groups excluding carboxylic acids is 1. The SMILES string of the molecule is CC(C(=O)NCc1ccc(CN2CCCC2)cc1)N(c1cccc(Cl)c1)S(C)(=O)=O. The third kappa shape index (κ3) is 5.97. The number of likely N-dealkylation sites (tertiary alicyclic amines) is 1. The van der Waals surface area contributed by atoms with Crippen LogP contribution in [0.25, 0.3) is 0 Å². The first kappa shape index (κ1) is 22.6. The van der Waals surface area contributed by atoms with Crippen molar-refractivity contribution >= 4 is 33.2 Å². The van der Waals surface area contributed by atoms with Crippen LogP contribution in [0.4, 0.5) is 5.69 Å². The minimum atomic E-state index is -3.67. The van der Waals surface area contributed by atoms with Crippen LogP contribution in [0.2, 0.25) is 5.02 Å². The Morgan fingerprint density at radius 2 is 1.77 bits per heavy atom. The minimum absolute atomic E-state index is 0.334. The van der Waals surface area contributed by atoms with Crippen LogP contribution < -0.4 is 9.62 Å². The van der Waals surface area contributed by atoms with E-state index in [-0.39, 0.29) is 5.91 Å². The lowest BCUT2D eigenvalue weighted by Gasteiger charge is -2.28. The minimum Gasteiger partial charge on any atom is -0.350 e. The van der Waals surface area contributed by atoms with Crippen LogP contribution in [0.5, 0.6) is 0 Å². The standard InChI is InChI=1S/C22H28ClN3O3S/c1-17(26(30(2,28)29)21-7-5-6-20(23)14-21)22(27)24-15-18-8-10-19(11-9-18)16-25-12-3-4-13-25/h5-11,14,17H,3-4,12-13,15-16H2,1-2H3,(H,24,27). The molecule has 1 saturated heterocycles. The first-order valence-electron chi connectivity index (χ1n) is 10.1. The summed E-state index contributed by atoms with van der Waals surface area (Å²) in [5.74, 6) is -0.374. The van der Waals surface area contributed by atoms with Crippen LogP contribution in [0, 0.1) is 0 Å². The maximum absolute atomic E-state index is 12.7. The van der Waals surface area contributed by atoms with Gasteiger partial charge in [0.15, 0.2) is 0 Å². The molecule has 1 N–H and O–H groups in total. The van der Waals surface area contributed by atoms with Gasteiger partial charge in [0.1, 0.15) is 6.04 Å². The van der Waals surface area contributed by atoms with Gasteiger partial charge in [-0.05, 0) is 62.2 Å². The van der Waals surface area contributed by atoms with Gasteiger partial charge >= 0.3 is 0 Å². The first-order valence-corrected chi connectivity index (χ1v) is 12.3. The van der Waals surface area contributed by atoms with E-state index >= 15 is 0 Å². The third-order valence-corrected chi connectivity index (χ3v) is 6.72. The van der Waals surface area contributed by atoms with Crippen molar-refractivity contribution in [3.63, 3.8) is 0 Å². The topological polar surface area (TPSA) is 69.7 Å². The molecule has 1 aliphatic heterocycles. The monoisotopic (exact) mass is 449 g/mol. The average molecular weight is 450 g/mol. The van der Waals surface area contributed by atoms with Crippen LogP contribution in [0.1, 0.15) is 30.9 Å². The van der Waals surface area contributed by atoms with Gasteiger partial charge in [-0.3, -0.25) is 14.0 Å². The van der Waals surface area contributed by atoms with E-state index in [0.29, 0.717) is 17.3 Å². The van der Waals surface area contributed by atoms with E-state index in [9.17, 15) is 13.2 Å². The summed E-state index contributed by atoms with van der Waals surface area (Å²) in [7, 11) is -3.67.